The summed E-state index contributed by atoms with van der Waals surface area (Å²) in [7, 11) is 0. The van der Waals surface area contributed by atoms with Crippen LogP contribution in [0.25, 0.3) is 0 Å². The maximum absolute atomic E-state index is 12.8. The summed E-state index contributed by atoms with van der Waals surface area (Å²) in [6, 6.07) is 5.40. The Kier molecular flexibility index (Phi) is 7.89. The van der Waals surface area contributed by atoms with E-state index in [9.17, 15) is 9.59 Å². The number of fused-ring (bicyclic) bond motifs is 2. The van der Waals surface area contributed by atoms with E-state index < -0.39 is 19.5 Å². The van der Waals surface area contributed by atoms with Gasteiger partial charge in [0.05, 0.1) is 23.7 Å². The molecule has 0 spiro atoms. The number of carbonyl (C=O) groups is 2. The SMILES string of the molecule is CCCO[B-]12Oc3c(cccc3C(=O)OCOC(=O)C(CC)CC)C[C@@H]1C[C+](CC)O2. The molecule has 1 aromatic carbocycles. The molecule has 8 heteroatoms. The van der Waals surface area contributed by atoms with Crippen LogP contribution in [0, 0.1) is 12.0 Å². The third kappa shape index (κ3) is 5.01. The van der Waals surface area contributed by atoms with Gasteiger partial charge in [-0.2, -0.15) is 0 Å². The average molecular weight is 432 g/mol. The van der Waals surface area contributed by atoms with Gasteiger partial charge in [0.1, 0.15) is 6.42 Å². The first-order valence-corrected chi connectivity index (χ1v) is 11.4. The van der Waals surface area contributed by atoms with Crippen LogP contribution in [0.4, 0.5) is 0 Å². The minimum Gasteiger partial charge on any atom is -0.667 e. The van der Waals surface area contributed by atoms with Crippen molar-refractivity contribution < 1.29 is 33.0 Å². The maximum Gasteiger partial charge on any atom is 0.483 e. The summed E-state index contributed by atoms with van der Waals surface area (Å²) >= 11 is 0. The van der Waals surface area contributed by atoms with Gasteiger partial charge in [0.15, 0.2) is 6.10 Å². The first-order valence-electron chi connectivity index (χ1n) is 11.4. The van der Waals surface area contributed by atoms with Crippen LogP contribution in [0.3, 0.4) is 0 Å². The number of rotatable bonds is 10. The van der Waals surface area contributed by atoms with Crippen LogP contribution >= 0.6 is 0 Å². The lowest BCUT2D eigenvalue weighted by Gasteiger charge is -2.43. The number of hydrogen-bond acceptors (Lipinski definition) is 7. The quantitative estimate of drug-likeness (QED) is 0.227. The van der Waals surface area contributed by atoms with E-state index >= 15 is 0 Å². The second-order valence-corrected chi connectivity index (χ2v) is 8.18. The molecule has 0 radical (unpaired) electrons. The highest BCUT2D eigenvalue weighted by molar-refractivity contribution is 6.64. The Balaban J connectivity index is 1.74. The van der Waals surface area contributed by atoms with Crippen molar-refractivity contribution in [3.63, 3.8) is 0 Å². The van der Waals surface area contributed by atoms with Crippen LogP contribution in [0.1, 0.15) is 75.7 Å². The number of ether oxygens (including phenoxy) is 2. The molecule has 170 valence electrons. The van der Waals surface area contributed by atoms with Gasteiger partial charge in [-0.3, -0.25) is 4.79 Å². The van der Waals surface area contributed by atoms with Crippen molar-refractivity contribution in [2.45, 2.75) is 72.0 Å². The van der Waals surface area contributed by atoms with Gasteiger partial charge in [0.2, 0.25) is 6.79 Å². The molecule has 1 aromatic rings. The van der Waals surface area contributed by atoms with Gasteiger partial charge in [-0.25, -0.2) is 4.79 Å². The van der Waals surface area contributed by atoms with Crippen LogP contribution in [-0.2, 0) is 30.0 Å². The van der Waals surface area contributed by atoms with Gasteiger partial charge in [-0.1, -0.05) is 32.9 Å². The van der Waals surface area contributed by atoms with Crippen molar-refractivity contribution in [3.8, 4) is 5.75 Å². The van der Waals surface area contributed by atoms with Crippen LogP contribution in [0.15, 0.2) is 18.2 Å². The molecule has 1 fully saturated rings. The van der Waals surface area contributed by atoms with Crippen molar-refractivity contribution in [1.29, 1.82) is 0 Å². The monoisotopic (exact) mass is 432 g/mol. The van der Waals surface area contributed by atoms with Crippen LogP contribution < -0.4 is 4.65 Å². The predicted molar refractivity (Wildman–Crippen MR) is 116 cm³/mol. The topological polar surface area (TPSA) is 80.3 Å². The maximum atomic E-state index is 12.8. The molecule has 2 aliphatic rings. The summed E-state index contributed by atoms with van der Waals surface area (Å²) in [5.74, 6) is -0.633. The summed E-state index contributed by atoms with van der Waals surface area (Å²) in [5, 5.41) is 0. The Labute approximate surface area is 184 Å². The molecule has 2 atom stereocenters. The van der Waals surface area contributed by atoms with E-state index in [-0.39, 0.29) is 23.3 Å². The van der Waals surface area contributed by atoms with Gasteiger partial charge < -0.3 is 23.4 Å². The van der Waals surface area contributed by atoms with Crippen molar-refractivity contribution >= 4 is 18.7 Å². The van der Waals surface area contributed by atoms with E-state index in [2.05, 4.69) is 6.92 Å². The van der Waals surface area contributed by atoms with Crippen molar-refractivity contribution in [3.05, 3.63) is 35.4 Å². The fourth-order valence-corrected chi connectivity index (χ4v) is 4.32. The van der Waals surface area contributed by atoms with Crippen LogP contribution in [-0.4, -0.2) is 32.1 Å². The lowest BCUT2D eigenvalue weighted by atomic mass is 9.59. The third-order valence-corrected chi connectivity index (χ3v) is 6.14. The Morgan fingerprint density at radius 3 is 2.65 bits per heavy atom. The molecule has 1 unspecified atom stereocenters. The standard InChI is InChI=1S/C23H33BO7/c1-5-12-29-24-18(14-19(8-4)30-24)13-17-10-9-11-20(21(17)31-24)23(26)28-15-27-22(25)16(6-2)7-3/h9-11,16,18H,5-8,12-15H2,1-4H3/t18-,24?/m1/s1. The minimum atomic E-state index is -2.01. The molecule has 0 saturated carbocycles. The van der Waals surface area contributed by atoms with Crippen LogP contribution in [0.5, 0.6) is 5.75 Å². The molecular weight excluding hydrogens is 399 g/mol. The first kappa shape index (κ1) is 23.5. The number of benzene rings is 1. The van der Waals surface area contributed by atoms with Gasteiger partial charge in [0, 0.05) is 6.61 Å². The summed E-state index contributed by atoms with van der Waals surface area (Å²) in [4.78, 5) is 24.8. The van der Waals surface area contributed by atoms with E-state index in [1.807, 2.05) is 32.9 Å². The molecule has 0 aliphatic carbocycles. The highest BCUT2D eigenvalue weighted by atomic mass is 16.8. The molecule has 3 rings (SSSR count). The molecular formula is C23H33BO7. The summed E-state index contributed by atoms with van der Waals surface area (Å²) in [5.41, 5.74) is 1.21. The molecule has 2 heterocycles. The zero-order valence-electron chi connectivity index (χ0n) is 19.0. The number of esters is 2. The molecule has 0 aromatic heterocycles. The summed E-state index contributed by atoms with van der Waals surface area (Å²) < 4.78 is 28.9. The van der Waals surface area contributed by atoms with Crippen molar-refractivity contribution in [2.24, 2.45) is 5.92 Å². The Bertz CT molecular complexity index is 779. The van der Waals surface area contributed by atoms with Gasteiger partial charge in [-0.15, -0.1) is 0 Å². The first-order chi connectivity index (χ1) is 15.0. The summed E-state index contributed by atoms with van der Waals surface area (Å²) in [6.07, 6.45) is 5.46. The molecule has 31 heavy (non-hydrogen) atoms. The van der Waals surface area contributed by atoms with E-state index in [1.165, 1.54) is 0 Å². The van der Waals surface area contributed by atoms with Gasteiger partial charge >= 0.3 is 18.7 Å². The van der Waals surface area contributed by atoms with E-state index in [1.54, 1.807) is 6.07 Å². The molecule has 2 aliphatic heterocycles. The number of hydrogen-bond donors (Lipinski definition) is 0. The lowest BCUT2D eigenvalue weighted by molar-refractivity contribution is -0.157. The summed E-state index contributed by atoms with van der Waals surface area (Å²) in [6.45, 7) is 6.01. The van der Waals surface area contributed by atoms with Crippen molar-refractivity contribution in [2.75, 3.05) is 13.4 Å². The fourth-order valence-electron chi connectivity index (χ4n) is 4.32. The molecule has 0 N–H and O–H groups in total. The van der Waals surface area contributed by atoms with Gasteiger partial charge in [0.25, 0.3) is 0 Å². The minimum absolute atomic E-state index is 0.0845. The van der Waals surface area contributed by atoms with Gasteiger partial charge in [-0.05, 0) is 50.1 Å². The normalized spacial score (nSPS) is 22.0. The third-order valence-electron chi connectivity index (χ3n) is 6.14. The fraction of sp³-hybridized carbons (Fsp3) is 0.609. The predicted octanol–water partition coefficient (Wildman–Crippen LogP) is 4.81. The van der Waals surface area contributed by atoms with Crippen molar-refractivity contribution in [1.82, 2.24) is 0 Å². The highest BCUT2D eigenvalue weighted by Crippen LogP contribution is 2.51. The van der Waals surface area contributed by atoms with Crippen LogP contribution in [0.2, 0.25) is 5.82 Å². The second kappa shape index (κ2) is 10.4. The zero-order valence-corrected chi connectivity index (χ0v) is 19.0. The Morgan fingerprint density at radius 2 is 1.97 bits per heavy atom. The van der Waals surface area contributed by atoms with E-state index in [0.717, 1.165) is 30.9 Å². The highest BCUT2D eigenvalue weighted by Gasteiger charge is 2.57. The molecule has 1 saturated heterocycles. The number of para-hydroxylation sites is 1. The average Bonchev–Trinajstić information content (AvgIpc) is 3.14. The lowest BCUT2D eigenvalue weighted by Crippen LogP contribution is -2.52. The zero-order chi connectivity index (χ0) is 22.4. The van der Waals surface area contributed by atoms with E-state index in [4.69, 9.17) is 23.4 Å². The largest absolute Gasteiger partial charge is 0.667 e. The molecule has 7 nitrogen and oxygen atoms in total. The second-order valence-electron chi connectivity index (χ2n) is 8.18. The Hall–Kier alpha value is -2.19. The molecule has 0 amide bonds. The number of carbonyl (C=O) groups excluding carboxylic acids is 2. The Morgan fingerprint density at radius 1 is 1.19 bits per heavy atom. The smallest absolute Gasteiger partial charge is 0.483 e. The molecule has 0 bridgehead atoms. The van der Waals surface area contributed by atoms with E-state index in [0.29, 0.717) is 31.6 Å².